The first kappa shape index (κ1) is 8.85. The predicted octanol–water partition coefficient (Wildman–Crippen LogP) is 2.35. The van der Waals surface area contributed by atoms with Gasteiger partial charge in [0.15, 0.2) is 0 Å². The topological polar surface area (TPSA) is 35.5 Å². The quantitative estimate of drug-likeness (QED) is 0.542. The number of carbonyl (C=O) groups is 1. The van der Waals surface area contributed by atoms with Gasteiger partial charge in [0.25, 0.3) is 0 Å². The highest BCUT2D eigenvalue weighted by atomic mass is 16.7. The molecule has 0 aromatic rings. The molecule has 2 aliphatic rings. The molecule has 13 heavy (non-hydrogen) atoms. The maximum Gasteiger partial charge on any atom is 0.508 e. The van der Waals surface area contributed by atoms with Crippen molar-refractivity contribution in [3.63, 3.8) is 0 Å². The first-order valence-electron chi connectivity index (χ1n) is 5.11. The Morgan fingerprint density at radius 1 is 1.31 bits per heavy atom. The molecule has 2 fully saturated rings. The lowest BCUT2D eigenvalue weighted by Gasteiger charge is -2.31. The summed E-state index contributed by atoms with van der Waals surface area (Å²) in [6.07, 6.45) is 4.30. The Hall–Kier alpha value is -0.730. The average Bonchev–Trinajstić information content (AvgIpc) is 2.27. The minimum Gasteiger partial charge on any atom is -0.434 e. The molecule has 1 aliphatic heterocycles. The van der Waals surface area contributed by atoms with Gasteiger partial charge >= 0.3 is 6.16 Å². The molecule has 0 bridgehead atoms. The standard InChI is InChI=1S/C10H16O3/c1-7-6-12-10(11)13-9-5-3-2-4-8(7)9/h7-9H,2-6H2,1H3. The second kappa shape index (κ2) is 3.56. The van der Waals surface area contributed by atoms with Crippen molar-refractivity contribution >= 4 is 6.16 Å². The Balaban J connectivity index is 2.08. The van der Waals surface area contributed by atoms with Crippen molar-refractivity contribution < 1.29 is 14.3 Å². The van der Waals surface area contributed by atoms with E-state index < -0.39 is 6.16 Å². The Morgan fingerprint density at radius 3 is 2.92 bits per heavy atom. The Labute approximate surface area is 78.4 Å². The zero-order valence-electron chi connectivity index (χ0n) is 7.99. The summed E-state index contributed by atoms with van der Waals surface area (Å²) in [4.78, 5) is 11.0. The number of hydrogen-bond donors (Lipinski definition) is 0. The van der Waals surface area contributed by atoms with Crippen LogP contribution in [0.15, 0.2) is 0 Å². The average molecular weight is 184 g/mol. The van der Waals surface area contributed by atoms with Gasteiger partial charge in [0.1, 0.15) is 6.10 Å². The maximum atomic E-state index is 11.0. The van der Waals surface area contributed by atoms with Crippen LogP contribution in [0, 0.1) is 11.8 Å². The van der Waals surface area contributed by atoms with Gasteiger partial charge in [-0.2, -0.15) is 0 Å². The molecule has 74 valence electrons. The Morgan fingerprint density at radius 2 is 2.08 bits per heavy atom. The smallest absolute Gasteiger partial charge is 0.434 e. The largest absolute Gasteiger partial charge is 0.508 e. The van der Waals surface area contributed by atoms with Gasteiger partial charge in [-0.15, -0.1) is 0 Å². The molecule has 0 aromatic carbocycles. The molecule has 0 aromatic heterocycles. The van der Waals surface area contributed by atoms with Crippen molar-refractivity contribution in [2.24, 2.45) is 11.8 Å². The molecule has 3 heteroatoms. The molecule has 0 radical (unpaired) electrons. The predicted molar refractivity (Wildman–Crippen MR) is 47.3 cm³/mol. The molecule has 3 atom stereocenters. The summed E-state index contributed by atoms with van der Waals surface area (Å²) in [5.41, 5.74) is 0. The van der Waals surface area contributed by atoms with Crippen LogP contribution in [0.1, 0.15) is 32.6 Å². The highest BCUT2D eigenvalue weighted by Gasteiger charge is 2.35. The van der Waals surface area contributed by atoms with Gasteiger partial charge in [-0.25, -0.2) is 4.79 Å². The molecule has 1 saturated carbocycles. The van der Waals surface area contributed by atoms with E-state index in [1.807, 2.05) is 0 Å². The van der Waals surface area contributed by atoms with Gasteiger partial charge in [-0.3, -0.25) is 0 Å². The molecule has 2 rings (SSSR count). The Bertz CT molecular complexity index is 202. The van der Waals surface area contributed by atoms with Crippen LogP contribution < -0.4 is 0 Å². The van der Waals surface area contributed by atoms with Crippen molar-refractivity contribution in [2.75, 3.05) is 6.61 Å². The summed E-state index contributed by atoms with van der Waals surface area (Å²) in [5, 5.41) is 0. The van der Waals surface area contributed by atoms with E-state index in [0.29, 0.717) is 18.4 Å². The number of carbonyl (C=O) groups excluding carboxylic acids is 1. The van der Waals surface area contributed by atoms with Gasteiger partial charge in [-0.05, 0) is 25.2 Å². The number of ether oxygens (including phenoxy) is 2. The third kappa shape index (κ3) is 1.79. The second-order valence-corrected chi connectivity index (χ2v) is 4.14. The highest BCUT2D eigenvalue weighted by molar-refractivity contribution is 5.60. The van der Waals surface area contributed by atoms with Crippen molar-refractivity contribution in [3.05, 3.63) is 0 Å². The van der Waals surface area contributed by atoms with Crippen LogP contribution in [0.25, 0.3) is 0 Å². The molecular formula is C10H16O3. The van der Waals surface area contributed by atoms with E-state index in [1.54, 1.807) is 0 Å². The number of cyclic esters (lactones) is 1. The maximum absolute atomic E-state index is 11.0. The summed E-state index contributed by atoms with van der Waals surface area (Å²) in [6.45, 7) is 2.67. The van der Waals surface area contributed by atoms with Crippen molar-refractivity contribution in [2.45, 2.75) is 38.7 Å². The lowest BCUT2D eigenvalue weighted by Crippen LogP contribution is -2.31. The SMILES string of the molecule is CC1COC(=O)OC2CCCCC12. The summed E-state index contributed by atoms with van der Waals surface area (Å²) in [5.74, 6) is 0.983. The second-order valence-electron chi connectivity index (χ2n) is 4.14. The fourth-order valence-corrected chi connectivity index (χ4v) is 2.40. The fraction of sp³-hybridized carbons (Fsp3) is 0.900. The van der Waals surface area contributed by atoms with Gasteiger partial charge in [0.2, 0.25) is 0 Å². The van der Waals surface area contributed by atoms with E-state index in [0.717, 1.165) is 6.42 Å². The molecule has 3 nitrogen and oxygen atoms in total. The van der Waals surface area contributed by atoms with Gasteiger partial charge in [0, 0.05) is 5.92 Å². The zero-order valence-corrected chi connectivity index (χ0v) is 7.99. The molecular weight excluding hydrogens is 168 g/mol. The number of hydrogen-bond acceptors (Lipinski definition) is 3. The van der Waals surface area contributed by atoms with Gasteiger partial charge in [0.05, 0.1) is 6.61 Å². The third-order valence-electron chi connectivity index (χ3n) is 3.20. The molecule has 3 unspecified atom stereocenters. The Kier molecular flexibility index (Phi) is 2.42. The summed E-state index contributed by atoms with van der Waals surface area (Å²) in [6, 6.07) is 0. The summed E-state index contributed by atoms with van der Waals surface area (Å²) < 4.78 is 10.2. The van der Waals surface area contributed by atoms with Gasteiger partial charge < -0.3 is 9.47 Å². The minimum absolute atomic E-state index is 0.124. The van der Waals surface area contributed by atoms with Crippen LogP contribution in [-0.4, -0.2) is 18.9 Å². The van der Waals surface area contributed by atoms with E-state index in [9.17, 15) is 4.79 Å². The normalized spacial score (nSPS) is 39.8. The summed E-state index contributed by atoms with van der Waals surface area (Å²) >= 11 is 0. The van der Waals surface area contributed by atoms with Crippen LogP contribution in [0.3, 0.4) is 0 Å². The zero-order chi connectivity index (χ0) is 9.26. The lowest BCUT2D eigenvalue weighted by atomic mass is 9.79. The molecule has 1 aliphatic carbocycles. The van der Waals surface area contributed by atoms with E-state index >= 15 is 0 Å². The van der Waals surface area contributed by atoms with Crippen LogP contribution in [-0.2, 0) is 9.47 Å². The highest BCUT2D eigenvalue weighted by Crippen LogP contribution is 2.34. The van der Waals surface area contributed by atoms with Gasteiger partial charge in [-0.1, -0.05) is 13.3 Å². The number of rotatable bonds is 0. The van der Waals surface area contributed by atoms with E-state index in [4.69, 9.17) is 9.47 Å². The molecule has 0 amide bonds. The first-order chi connectivity index (χ1) is 6.27. The third-order valence-corrected chi connectivity index (χ3v) is 3.20. The summed E-state index contributed by atoms with van der Waals surface area (Å²) in [7, 11) is 0. The molecule has 0 N–H and O–H groups in total. The van der Waals surface area contributed by atoms with Crippen LogP contribution in [0.2, 0.25) is 0 Å². The monoisotopic (exact) mass is 184 g/mol. The molecule has 1 saturated heterocycles. The van der Waals surface area contributed by atoms with Crippen molar-refractivity contribution in [1.29, 1.82) is 0 Å². The van der Waals surface area contributed by atoms with Crippen LogP contribution in [0.4, 0.5) is 4.79 Å². The van der Waals surface area contributed by atoms with E-state index in [-0.39, 0.29) is 6.10 Å². The van der Waals surface area contributed by atoms with Crippen LogP contribution in [0.5, 0.6) is 0 Å². The van der Waals surface area contributed by atoms with E-state index in [2.05, 4.69) is 6.92 Å². The van der Waals surface area contributed by atoms with Crippen molar-refractivity contribution in [1.82, 2.24) is 0 Å². The van der Waals surface area contributed by atoms with Crippen molar-refractivity contribution in [3.8, 4) is 0 Å². The number of fused-ring (bicyclic) bond motifs is 1. The fourth-order valence-electron chi connectivity index (χ4n) is 2.40. The molecule has 0 spiro atoms. The van der Waals surface area contributed by atoms with E-state index in [1.165, 1.54) is 19.3 Å². The molecule has 1 heterocycles. The van der Waals surface area contributed by atoms with Crippen LogP contribution >= 0.6 is 0 Å². The first-order valence-corrected chi connectivity index (χ1v) is 5.11. The minimum atomic E-state index is -0.471. The lowest BCUT2D eigenvalue weighted by molar-refractivity contribution is 0.0153.